The number of hydrogen-bond acceptors (Lipinski definition) is 4. The van der Waals surface area contributed by atoms with Gasteiger partial charge in [0.2, 0.25) is 11.8 Å². The molecule has 0 unspecified atom stereocenters. The monoisotopic (exact) mass is 645 g/mol. The highest BCUT2D eigenvalue weighted by Gasteiger charge is 2.35. The third-order valence-electron chi connectivity index (χ3n) is 7.52. The Bertz CT molecular complexity index is 1740. The van der Waals surface area contributed by atoms with E-state index < -0.39 is 28.5 Å². The fourth-order valence-electron chi connectivity index (χ4n) is 5.08. The van der Waals surface area contributed by atoms with Crippen molar-refractivity contribution in [2.24, 2.45) is 0 Å². The van der Waals surface area contributed by atoms with Gasteiger partial charge in [0, 0.05) is 24.0 Å². The molecule has 0 heterocycles. The molecule has 0 aliphatic rings. The summed E-state index contributed by atoms with van der Waals surface area (Å²) in [5.41, 5.74) is 4.35. The highest BCUT2D eigenvalue weighted by molar-refractivity contribution is 7.92. The van der Waals surface area contributed by atoms with Crippen LogP contribution in [0.25, 0.3) is 0 Å². The summed E-state index contributed by atoms with van der Waals surface area (Å²) in [6, 6.07) is 27.5. The molecule has 0 saturated carbocycles. The number of carbonyl (C=O) groups is 2. The fraction of sp³-hybridized carbons (Fsp3) is 0.278. The number of hydrogen-bond donors (Lipinski definition) is 1. The minimum atomic E-state index is -4.18. The van der Waals surface area contributed by atoms with Gasteiger partial charge in [-0.05, 0) is 81.1 Å². The van der Waals surface area contributed by atoms with Crippen LogP contribution in [0, 0.1) is 20.8 Å². The van der Waals surface area contributed by atoms with Gasteiger partial charge in [0.15, 0.2) is 0 Å². The molecule has 4 rings (SSSR count). The maximum Gasteiger partial charge on any atom is 0.264 e. The molecule has 0 bridgehead atoms. The summed E-state index contributed by atoms with van der Waals surface area (Å²) in [4.78, 5) is 29.9. The summed E-state index contributed by atoms with van der Waals surface area (Å²) >= 11 is 6.56. The zero-order chi connectivity index (χ0) is 32.7. The van der Waals surface area contributed by atoms with Crippen molar-refractivity contribution >= 4 is 39.1 Å². The van der Waals surface area contributed by atoms with Gasteiger partial charge >= 0.3 is 0 Å². The Labute approximate surface area is 271 Å². The van der Waals surface area contributed by atoms with Crippen LogP contribution in [-0.2, 0) is 32.6 Å². The van der Waals surface area contributed by atoms with Crippen molar-refractivity contribution in [3.63, 3.8) is 0 Å². The van der Waals surface area contributed by atoms with Gasteiger partial charge in [-0.25, -0.2) is 8.42 Å². The molecule has 1 atom stereocenters. The Morgan fingerprint density at radius 3 is 2.09 bits per heavy atom. The van der Waals surface area contributed by atoms with Crippen molar-refractivity contribution in [1.82, 2.24) is 10.2 Å². The first-order valence-corrected chi connectivity index (χ1v) is 16.7. The number of rotatable bonds is 12. The summed E-state index contributed by atoms with van der Waals surface area (Å²) < 4.78 is 29.7. The molecule has 0 aromatic heterocycles. The van der Waals surface area contributed by atoms with E-state index in [0.29, 0.717) is 21.8 Å². The summed E-state index contributed by atoms with van der Waals surface area (Å²) in [6.07, 6.45) is 0.226. The Hall–Kier alpha value is -4.14. The minimum absolute atomic E-state index is 0.00669. The first-order valence-electron chi connectivity index (χ1n) is 14.9. The smallest absolute Gasteiger partial charge is 0.264 e. The number of nitrogens with zero attached hydrogens (tertiary/aromatic N) is 2. The normalized spacial score (nSPS) is 12.1. The van der Waals surface area contributed by atoms with Gasteiger partial charge < -0.3 is 10.2 Å². The third-order valence-corrected chi connectivity index (χ3v) is 9.66. The summed E-state index contributed by atoms with van der Waals surface area (Å²) in [7, 11) is -4.18. The van der Waals surface area contributed by atoms with Crippen molar-refractivity contribution < 1.29 is 18.0 Å². The molecule has 45 heavy (non-hydrogen) atoms. The van der Waals surface area contributed by atoms with E-state index in [1.54, 1.807) is 48.5 Å². The molecule has 1 N–H and O–H groups in total. The van der Waals surface area contributed by atoms with Crippen LogP contribution < -0.4 is 9.62 Å². The van der Waals surface area contributed by atoms with Crippen LogP contribution in [-0.4, -0.2) is 43.8 Å². The standard InChI is InChI=1S/C36H40ClN3O4S/c1-25(2)38-36(42)34(22-29-11-7-6-8-12-29)39(23-30-13-9-10-14-32(30)37)35(41)24-40(33-21-27(4)15-18-28(33)5)45(43,44)31-19-16-26(3)17-20-31/h6-21,25,34H,22-24H2,1-5H3,(H,38,42)/t34-/m1/s1. The van der Waals surface area contributed by atoms with Crippen LogP contribution in [0.1, 0.15) is 41.7 Å². The third kappa shape index (κ3) is 8.53. The molecule has 236 valence electrons. The summed E-state index contributed by atoms with van der Waals surface area (Å²) in [6.45, 7) is 8.76. The highest BCUT2D eigenvalue weighted by Crippen LogP contribution is 2.29. The van der Waals surface area contributed by atoms with E-state index in [0.717, 1.165) is 21.0 Å². The number of aryl methyl sites for hydroxylation is 3. The average Bonchev–Trinajstić information content (AvgIpc) is 3.00. The molecular weight excluding hydrogens is 606 g/mol. The number of carbonyl (C=O) groups excluding carboxylic acids is 2. The van der Waals surface area contributed by atoms with Crippen molar-refractivity contribution in [1.29, 1.82) is 0 Å². The first kappa shape index (κ1) is 33.7. The SMILES string of the molecule is Cc1ccc(S(=O)(=O)N(CC(=O)N(Cc2ccccc2Cl)[C@H](Cc2ccccc2)C(=O)NC(C)C)c2cc(C)ccc2C)cc1. The fourth-order valence-corrected chi connectivity index (χ4v) is 6.75. The van der Waals surface area contributed by atoms with E-state index in [9.17, 15) is 18.0 Å². The Balaban J connectivity index is 1.84. The quantitative estimate of drug-likeness (QED) is 0.188. The van der Waals surface area contributed by atoms with Gasteiger partial charge in [0.25, 0.3) is 10.0 Å². The van der Waals surface area contributed by atoms with Crippen LogP contribution in [0.4, 0.5) is 5.69 Å². The van der Waals surface area contributed by atoms with Crippen molar-refractivity contribution in [2.45, 2.75) is 64.6 Å². The van der Waals surface area contributed by atoms with Crippen molar-refractivity contribution in [3.8, 4) is 0 Å². The number of anilines is 1. The zero-order valence-electron chi connectivity index (χ0n) is 26.3. The second-order valence-corrected chi connectivity index (χ2v) is 13.9. The molecule has 2 amide bonds. The molecule has 0 aliphatic heterocycles. The molecule has 0 spiro atoms. The number of halogens is 1. The second-order valence-electron chi connectivity index (χ2n) is 11.6. The van der Waals surface area contributed by atoms with E-state index in [1.165, 1.54) is 4.90 Å². The lowest BCUT2D eigenvalue weighted by Crippen LogP contribution is -2.54. The number of sulfonamides is 1. The number of benzene rings is 4. The maximum absolute atomic E-state index is 14.6. The number of amides is 2. The molecule has 0 radical (unpaired) electrons. The van der Waals surface area contributed by atoms with Crippen molar-refractivity contribution in [2.75, 3.05) is 10.8 Å². The van der Waals surface area contributed by atoms with E-state index in [4.69, 9.17) is 11.6 Å². The average molecular weight is 646 g/mol. The lowest BCUT2D eigenvalue weighted by Gasteiger charge is -2.34. The van der Waals surface area contributed by atoms with E-state index in [2.05, 4.69) is 5.32 Å². The second kappa shape index (κ2) is 14.8. The number of nitrogens with one attached hydrogen (secondary N) is 1. The highest BCUT2D eigenvalue weighted by atomic mass is 35.5. The maximum atomic E-state index is 14.6. The van der Waals surface area contributed by atoms with Crippen LogP contribution >= 0.6 is 11.6 Å². The predicted molar refractivity (Wildman–Crippen MR) is 181 cm³/mol. The van der Waals surface area contributed by atoms with Gasteiger partial charge in [-0.2, -0.15) is 0 Å². The van der Waals surface area contributed by atoms with Crippen LogP contribution in [0.15, 0.2) is 102 Å². The van der Waals surface area contributed by atoms with Gasteiger partial charge in [-0.15, -0.1) is 0 Å². The molecular formula is C36H40ClN3O4S. The molecule has 4 aromatic carbocycles. The summed E-state index contributed by atoms with van der Waals surface area (Å²) in [5, 5.41) is 3.41. The molecule has 0 fully saturated rings. The van der Waals surface area contributed by atoms with E-state index >= 15 is 0 Å². The van der Waals surface area contributed by atoms with Gasteiger partial charge in [0.05, 0.1) is 10.6 Å². The molecule has 7 nitrogen and oxygen atoms in total. The Morgan fingerprint density at radius 1 is 0.822 bits per heavy atom. The molecule has 9 heteroatoms. The van der Waals surface area contributed by atoms with Crippen LogP contribution in [0.5, 0.6) is 0 Å². The summed E-state index contributed by atoms with van der Waals surface area (Å²) in [5.74, 6) is -0.875. The minimum Gasteiger partial charge on any atom is -0.352 e. The molecule has 0 saturated heterocycles. The lowest BCUT2D eigenvalue weighted by atomic mass is 10.0. The largest absolute Gasteiger partial charge is 0.352 e. The molecule has 0 aliphatic carbocycles. The topological polar surface area (TPSA) is 86.8 Å². The Morgan fingerprint density at radius 2 is 1.44 bits per heavy atom. The lowest BCUT2D eigenvalue weighted by molar-refractivity contribution is -0.140. The Kier molecular flexibility index (Phi) is 11.1. The van der Waals surface area contributed by atoms with Gasteiger partial charge in [-0.1, -0.05) is 90.0 Å². The zero-order valence-corrected chi connectivity index (χ0v) is 27.9. The van der Waals surface area contributed by atoms with Crippen LogP contribution in [0.3, 0.4) is 0 Å². The predicted octanol–water partition coefficient (Wildman–Crippen LogP) is 6.63. The van der Waals surface area contributed by atoms with Gasteiger partial charge in [-0.3, -0.25) is 13.9 Å². The van der Waals surface area contributed by atoms with Crippen molar-refractivity contribution in [3.05, 3.63) is 130 Å². The van der Waals surface area contributed by atoms with Crippen LogP contribution in [0.2, 0.25) is 5.02 Å². The molecule has 4 aromatic rings. The van der Waals surface area contributed by atoms with E-state index in [-0.39, 0.29) is 29.8 Å². The first-order chi connectivity index (χ1) is 21.4. The van der Waals surface area contributed by atoms with Gasteiger partial charge in [0.1, 0.15) is 12.6 Å². The van der Waals surface area contributed by atoms with E-state index in [1.807, 2.05) is 83.1 Å².